The molecule has 0 fully saturated rings. The molecule has 128 valence electrons. The highest BCUT2D eigenvalue weighted by Crippen LogP contribution is 2.27. The van der Waals surface area contributed by atoms with Gasteiger partial charge >= 0.3 is 0 Å². The maximum absolute atomic E-state index is 12.7. The number of aliphatic hydroxyl groups is 2. The van der Waals surface area contributed by atoms with E-state index < -0.39 is 23.7 Å². The van der Waals surface area contributed by atoms with E-state index in [9.17, 15) is 15.0 Å². The van der Waals surface area contributed by atoms with Crippen molar-refractivity contribution >= 4 is 5.91 Å². The van der Waals surface area contributed by atoms with Crippen molar-refractivity contribution in [1.82, 2.24) is 5.32 Å². The Balaban J connectivity index is 3.05. The smallest absolute Gasteiger partial charge is 0.226 e. The van der Waals surface area contributed by atoms with Gasteiger partial charge in [0.2, 0.25) is 5.91 Å². The second-order valence-electron chi connectivity index (χ2n) is 6.79. The van der Waals surface area contributed by atoms with Crippen LogP contribution in [0, 0.1) is 11.8 Å². The molecule has 1 aromatic rings. The fourth-order valence-electron chi connectivity index (χ4n) is 2.72. The Morgan fingerprint density at radius 3 is 2.22 bits per heavy atom. The van der Waals surface area contributed by atoms with Gasteiger partial charge in [-0.2, -0.15) is 0 Å². The minimum atomic E-state index is -1.12. The number of hydrogen-bond acceptors (Lipinski definition) is 3. The first-order valence-corrected chi connectivity index (χ1v) is 8.07. The Hall–Kier alpha value is -1.65. The number of carbonyl (C=O) groups is 1. The summed E-state index contributed by atoms with van der Waals surface area (Å²) in [5, 5.41) is 23.6. The zero-order valence-corrected chi connectivity index (χ0v) is 14.7. The average Bonchev–Trinajstić information content (AvgIpc) is 2.44. The molecule has 1 aromatic carbocycles. The summed E-state index contributed by atoms with van der Waals surface area (Å²) in [5.74, 6) is -0.860. The third kappa shape index (κ3) is 5.48. The van der Waals surface area contributed by atoms with Gasteiger partial charge in [0, 0.05) is 0 Å². The lowest BCUT2D eigenvalue weighted by Gasteiger charge is -2.33. The van der Waals surface area contributed by atoms with Gasteiger partial charge in [0.1, 0.15) is 0 Å². The summed E-state index contributed by atoms with van der Waals surface area (Å²) in [6.07, 6.45) is 2.50. The first-order chi connectivity index (χ1) is 10.7. The zero-order chi connectivity index (χ0) is 17.6. The van der Waals surface area contributed by atoms with Crippen molar-refractivity contribution in [2.45, 2.75) is 52.4 Å². The van der Waals surface area contributed by atoms with Crippen molar-refractivity contribution in [1.29, 1.82) is 0 Å². The highest BCUT2D eigenvalue weighted by atomic mass is 16.3. The quantitative estimate of drug-likeness (QED) is 0.677. The molecule has 0 spiro atoms. The number of amides is 1. The summed E-state index contributed by atoms with van der Waals surface area (Å²) < 4.78 is 0. The molecule has 23 heavy (non-hydrogen) atoms. The lowest BCUT2D eigenvalue weighted by molar-refractivity contribution is -0.132. The summed E-state index contributed by atoms with van der Waals surface area (Å²) in [6.45, 7) is 8.94. The molecule has 0 bridgehead atoms. The number of allylic oxidation sites excluding steroid dienone is 1. The highest BCUT2D eigenvalue weighted by molar-refractivity contribution is 5.80. The van der Waals surface area contributed by atoms with E-state index in [1.165, 1.54) is 0 Å². The maximum atomic E-state index is 12.7. The molecule has 3 N–H and O–H groups in total. The Morgan fingerprint density at radius 2 is 1.78 bits per heavy atom. The van der Waals surface area contributed by atoms with E-state index in [4.69, 9.17) is 0 Å². The molecule has 0 aliphatic carbocycles. The van der Waals surface area contributed by atoms with Crippen LogP contribution in [0.3, 0.4) is 0 Å². The molecular formula is C19H29NO3. The van der Waals surface area contributed by atoms with E-state index in [-0.39, 0.29) is 11.8 Å². The second-order valence-corrected chi connectivity index (χ2v) is 6.79. The third-order valence-electron chi connectivity index (χ3n) is 3.90. The van der Waals surface area contributed by atoms with Crippen molar-refractivity contribution in [2.24, 2.45) is 11.8 Å². The van der Waals surface area contributed by atoms with Crippen molar-refractivity contribution in [3.63, 3.8) is 0 Å². The minimum absolute atomic E-state index is 0.0283. The number of hydrogen-bond donors (Lipinski definition) is 3. The molecule has 4 nitrogen and oxygen atoms in total. The first kappa shape index (κ1) is 19.4. The van der Waals surface area contributed by atoms with Crippen molar-refractivity contribution in [3.8, 4) is 0 Å². The number of rotatable bonds is 7. The van der Waals surface area contributed by atoms with Crippen molar-refractivity contribution < 1.29 is 15.0 Å². The van der Waals surface area contributed by atoms with E-state index in [0.29, 0.717) is 0 Å². The molecule has 0 heterocycles. The molecule has 1 rings (SSSR count). The molecule has 0 aromatic heterocycles. The second kappa shape index (κ2) is 8.27. The van der Waals surface area contributed by atoms with Crippen LogP contribution in [0.2, 0.25) is 0 Å². The van der Waals surface area contributed by atoms with E-state index in [1.54, 1.807) is 26.0 Å². The molecular weight excluding hydrogens is 290 g/mol. The molecule has 1 amide bonds. The molecule has 3 atom stereocenters. The van der Waals surface area contributed by atoms with Crippen LogP contribution in [0.15, 0.2) is 42.5 Å². The van der Waals surface area contributed by atoms with Gasteiger partial charge in [-0.05, 0) is 32.3 Å². The largest absolute Gasteiger partial charge is 0.388 e. The number of aliphatic hydroxyl groups excluding tert-OH is 1. The lowest BCUT2D eigenvalue weighted by atomic mass is 9.86. The molecule has 0 unspecified atom stereocenters. The Bertz CT molecular complexity index is 517. The molecule has 0 saturated carbocycles. The fraction of sp³-hybridized carbons (Fsp3) is 0.526. The predicted octanol–water partition coefficient (Wildman–Crippen LogP) is 2.82. The predicted molar refractivity (Wildman–Crippen MR) is 92.8 cm³/mol. The topological polar surface area (TPSA) is 69.6 Å². The normalized spacial score (nSPS) is 16.3. The summed E-state index contributed by atoms with van der Waals surface area (Å²) in [7, 11) is 0. The SMILES string of the molecule is C/C=C/[C@H](O)[C@H](C(=O)N[C@H](c1ccccc1)C(C)(C)O)C(C)C. The monoisotopic (exact) mass is 319 g/mol. The van der Waals surface area contributed by atoms with E-state index in [2.05, 4.69) is 5.32 Å². The van der Waals surface area contributed by atoms with Gasteiger partial charge in [-0.15, -0.1) is 0 Å². The molecule has 0 aliphatic rings. The van der Waals surface area contributed by atoms with Crippen LogP contribution in [0.5, 0.6) is 0 Å². The van der Waals surface area contributed by atoms with E-state index >= 15 is 0 Å². The maximum Gasteiger partial charge on any atom is 0.226 e. The number of benzene rings is 1. The average molecular weight is 319 g/mol. The molecule has 4 heteroatoms. The molecule has 0 radical (unpaired) electrons. The lowest BCUT2D eigenvalue weighted by Crippen LogP contribution is -2.47. The van der Waals surface area contributed by atoms with Crippen LogP contribution in [0.25, 0.3) is 0 Å². The number of carbonyl (C=O) groups excluding carboxylic acids is 1. The summed E-state index contributed by atoms with van der Waals surface area (Å²) in [4.78, 5) is 12.7. The Kier molecular flexibility index (Phi) is 6.98. The number of nitrogens with one attached hydrogen (secondary N) is 1. The van der Waals surface area contributed by atoms with Gasteiger partial charge in [0.25, 0.3) is 0 Å². The van der Waals surface area contributed by atoms with E-state index in [0.717, 1.165) is 5.56 Å². The Morgan fingerprint density at radius 1 is 1.22 bits per heavy atom. The minimum Gasteiger partial charge on any atom is -0.388 e. The molecule has 0 saturated heterocycles. The van der Waals surface area contributed by atoms with Crippen molar-refractivity contribution in [3.05, 3.63) is 48.0 Å². The standard InChI is InChI=1S/C19H29NO3/c1-6-10-15(21)16(13(2)3)18(22)20-17(19(4,5)23)14-11-8-7-9-12-14/h6-13,15-17,21,23H,1-5H3,(H,20,22)/b10-6+/t15-,16+,17+/m0/s1. The Labute approximate surface area is 139 Å². The van der Waals surface area contributed by atoms with Gasteiger partial charge in [-0.25, -0.2) is 0 Å². The van der Waals surface area contributed by atoms with Gasteiger partial charge in [0.05, 0.1) is 23.7 Å². The van der Waals surface area contributed by atoms with Gasteiger partial charge in [-0.3, -0.25) is 4.79 Å². The van der Waals surface area contributed by atoms with Gasteiger partial charge in [-0.1, -0.05) is 56.3 Å². The van der Waals surface area contributed by atoms with Crippen LogP contribution in [0.1, 0.15) is 46.2 Å². The molecule has 0 aliphatic heterocycles. The van der Waals surface area contributed by atoms with Crippen LogP contribution in [-0.2, 0) is 4.79 Å². The van der Waals surface area contributed by atoms with Gasteiger partial charge in [0.15, 0.2) is 0 Å². The van der Waals surface area contributed by atoms with Crippen molar-refractivity contribution in [2.75, 3.05) is 0 Å². The first-order valence-electron chi connectivity index (χ1n) is 8.07. The van der Waals surface area contributed by atoms with Gasteiger partial charge < -0.3 is 15.5 Å². The summed E-state index contributed by atoms with van der Waals surface area (Å²) >= 11 is 0. The zero-order valence-electron chi connectivity index (χ0n) is 14.7. The summed E-state index contributed by atoms with van der Waals surface area (Å²) in [5.41, 5.74) is -0.291. The highest BCUT2D eigenvalue weighted by Gasteiger charge is 2.34. The fourth-order valence-corrected chi connectivity index (χ4v) is 2.72. The van der Waals surface area contributed by atoms with E-state index in [1.807, 2.05) is 51.1 Å². The van der Waals surface area contributed by atoms with Crippen LogP contribution in [-0.4, -0.2) is 27.8 Å². The third-order valence-corrected chi connectivity index (χ3v) is 3.90. The van der Waals surface area contributed by atoms with Crippen LogP contribution >= 0.6 is 0 Å². The summed E-state index contributed by atoms with van der Waals surface area (Å²) in [6, 6.07) is 8.82. The van der Waals surface area contributed by atoms with Crippen LogP contribution in [0.4, 0.5) is 0 Å². The van der Waals surface area contributed by atoms with Crippen LogP contribution < -0.4 is 5.32 Å².